The zero-order valence-corrected chi connectivity index (χ0v) is 16.3. The van der Waals surface area contributed by atoms with Crippen LogP contribution in [-0.2, 0) is 37.2 Å². The molecule has 8 heteroatoms. The van der Waals surface area contributed by atoms with Crippen LogP contribution in [0.5, 0.6) is 0 Å². The van der Waals surface area contributed by atoms with E-state index in [-0.39, 0.29) is 6.03 Å². The molecule has 2 aromatic rings. The number of carbonyl (C=O) groups is 1. The lowest BCUT2D eigenvalue weighted by Crippen LogP contribution is -2.40. The van der Waals surface area contributed by atoms with E-state index in [9.17, 15) is 4.79 Å². The van der Waals surface area contributed by atoms with E-state index >= 15 is 0 Å². The predicted octanol–water partition coefficient (Wildman–Crippen LogP) is 2.60. The molecule has 2 amide bonds. The molecule has 2 heterocycles. The topological polar surface area (TPSA) is 72.3 Å². The van der Waals surface area contributed by atoms with Gasteiger partial charge in [0.1, 0.15) is 5.01 Å². The molecule has 0 radical (unpaired) electrons. The van der Waals surface area contributed by atoms with Crippen LogP contribution >= 0.6 is 11.3 Å². The third-order valence-corrected chi connectivity index (χ3v) is 5.67. The third kappa shape index (κ3) is 4.82. The Morgan fingerprint density at radius 3 is 3.00 bits per heavy atom. The number of aromatic nitrogens is 3. The van der Waals surface area contributed by atoms with Crippen LogP contribution in [0.4, 0.5) is 4.79 Å². The molecule has 0 atom stereocenters. The summed E-state index contributed by atoms with van der Waals surface area (Å²) >= 11 is 1.73. The van der Waals surface area contributed by atoms with Gasteiger partial charge in [-0.2, -0.15) is 5.10 Å². The van der Waals surface area contributed by atoms with Gasteiger partial charge in [0.15, 0.2) is 0 Å². The van der Waals surface area contributed by atoms with E-state index < -0.39 is 0 Å². The number of thiazole rings is 1. The van der Waals surface area contributed by atoms with Gasteiger partial charge >= 0.3 is 6.03 Å². The molecule has 0 saturated carbocycles. The molecule has 0 aliphatic heterocycles. The molecular formula is C18H27N5O2S. The number of fused-ring (bicyclic) bond motifs is 1. The Balaban J connectivity index is 1.58. The van der Waals surface area contributed by atoms with Gasteiger partial charge in [0, 0.05) is 36.8 Å². The fourth-order valence-electron chi connectivity index (χ4n) is 3.08. The van der Waals surface area contributed by atoms with Gasteiger partial charge in [-0.1, -0.05) is 0 Å². The first-order valence-corrected chi connectivity index (χ1v) is 10.0. The van der Waals surface area contributed by atoms with Crippen molar-refractivity contribution in [3.05, 3.63) is 33.5 Å². The number of hydrogen-bond donors (Lipinski definition) is 1. The molecule has 0 bridgehead atoms. The maximum Gasteiger partial charge on any atom is 0.318 e. The SMILES string of the molecule is CCn1cc(CN(CCOC)C(=O)NCc2nc3c(s2)CCCC3)cn1. The zero-order chi connectivity index (χ0) is 18.4. The number of urea groups is 1. The quantitative estimate of drug-likeness (QED) is 0.767. The molecule has 0 saturated heterocycles. The van der Waals surface area contributed by atoms with Crippen molar-refractivity contribution in [1.29, 1.82) is 0 Å². The Hall–Kier alpha value is -1.93. The lowest BCUT2D eigenvalue weighted by Gasteiger charge is -2.22. The molecule has 1 N–H and O–H groups in total. The van der Waals surface area contributed by atoms with Gasteiger partial charge in [0.25, 0.3) is 0 Å². The molecule has 2 aromatic heterocycles. The number of carbonyl (C=O) groups excluding carboxylic acids is 1. The van der Waals surface area contributed by atoms with Gasteiger partial charge in [-0.05, 0) is 32.6 Å². The second-order valence-corrected chi connectivity index (χ2v) is 7.63. The summed E-state index contributed by atoms with van der Waals surface area (Å²) in [5, 5.41) is 8.28. The first-order chi connectivity index (χ1) is 12.7. The number of methoxy groups -OCH3 is 1. The van der Waals surface area contributed by atoms with Crippen molar-refractivity contribution < 1.29 is 9.53 Å². The second kappa shape index (κ2) is 9.14. The third-order valence-electron chi connectivity index (χ3n) is 4.52. The van der Waals surface area contributed by atoms with E-state index in [1.54, 1.807) is 23.3 Å². The van der Waals surface area contributed by atoms with Gasteiger partial charge in [-0.25, -0.2) is 9.78 Å². The summed E-state index contributed by atoms with van der Waals surface area (Å²) in [4.78, 5) is 20.5. The molecule has 0 fully saturated rings. The predicted molar refractivity (Wildman–Crippen MR) is 101 cm³/mol. The largest absolute Gasteiger partial charge is 0.383 e. The zero-order valence-electron chi connectivity index (χ0n) is 15.5. The van der Waals surface area contributed by atoms with Gasteiger partial charge in [-0.3, -0.25) is 4.68 Å². The lowest BCUT2D eigenvalue weighted by atomic mass is 10.0. The van der Waals surface area contributed by atoms with Gasteiger partial charge in [0.05, 0.1) is 31.6 Å². The molecule has 7 nitrogen and oxygen atoms in total. The summed E-state index contributed by atoms with van der Waals surface area (Å²) in [6.07, 6.45) is 8.45. The number of aryl methyl sites for hydroxylation is 3. The number of amides is 2. The number of nitrogens with zero attached hydrogens (tertiary/aromatic N) is 4. The van der Waals surface area contributed by atoms with Crippen molar-refractivity contribution in [2.24, 2.45) is 0 Å². The van der Waals surface area contributed by atoms with Crippen molar-refractivity contribution >= 4 is 17.4 Å². The molecule has 142 valence electrons. The van der Waals surface area contributed by atoms with Crippen molar-refractivity contribution in [1.82, 2.24) is 25.0 Å². The van der Waals surface area contributed by atoms with Crippen LogP contribution in [0, 0.1) is 0 Å². The Morgan fingerprint density at radius 1 is 1.42 bits per heavy atom. The molecular weight excluding hydrogens is 350 g/mol. The number of rotatable bonds is 8. The molecule has 3 rings (SSSR count). The Bertz CT molecular complexity index is 703. The monoisotopic (exact) mass is 377 g/mol. The molecule has 0 spiro atoms. The van der Waals surface area contributed by atoms with Crippen molar-refractivity contribution in [3.8, 4) is 0 Å². The average Bonchev–Trinajstić information content (AvgIpc) is 3.29. The summed E-state index contributed by atoms with van der Waals surface area (Å²) in [7, 11) is 1.64. The van der Waals surface area contributed by atoms with Crippen LogP contribution < -0.4 is 5.32 Å². The fraction of sp³-hybridized carbons (Fsp3) is 0.611. The van der Waals surface area contributed by atoms with E-state index in [1.165, 1.54) is 23.4 Å². The van der Waals surface area contributed by atoms with E-state index in [2.05, 4.69) is 15.4 Å². The Labute approximate surface area is 158 Å². The van der Waals surface area contributed by atoms with Crippen molar-refractivity contribution in [2.45, 2.75) is 52.2 Å². The maximum atomic E-state index is 12.7. The number of nitrogens with one attached hydrogen (secondary N) is 1. The Kier molecular flexibility index (Phi) is 6.62. The normalized spacial score (nSPS) is 13.5. The molecule has 0 aromatic carbocycles. The highest BCUT2D eigenvalue weighted by atomic mass is 32.1. The van der Waals surface area contributed by atoms with Crippen LogP contribution in [0.25, 0.3) is 0 Å². The Morgan fingerprint density at radius 2 is 2.27 bits per heavy atom. The molecule has 1 aliphatic carbocycles. The summed E-state index contributed by atoms with van der Waals surface area (Å²) in [5.41, 5.74) is 2.25. The standard InChI is InChI=1S/C18H27N5O2S/c1-3-23-13-14(10-20-23)12-22(8-9-25-2)18(24)19-11-17-21-15-6-4-5-7-16(15)26-17/h10,13H,3-9,11-12H2,1-2H3,(H,19,24). The van der Waals surface area contributed by atoms with E-state index in [1.807, 2.05) is 24.0 Å². The van der Waals surface area contributed by atoms with Gasteiger partial charge < -0.3 is 15.0 Å². The minimum absolute atomic E-state index is 0.0977. The van der Waals surface area contributed by atoms with Crippen LogP contribution in [0.3, 0.4) is 0 Å². The first kappa shape index (κ1) is 18.8. The van der Waals surface area contributed by atoms with Crippen LogP contribution in [0.1, 0.15) is 40.9 Å². The van der Waals surface area contributed by atoms with Crippen LogP contribution in [0.2, 0.25) is 0 Å². The highest BCUT2D eigenvalue weighted by Crippen LogP contribution is 2.26. The van der Waals surface area contributed by atoms with Crippen LogP contribution in [0.15, 0.2) is 12.4 Å². The highest BCUT2D eigenvalue weighted by Gasteiger charge is 2.18. The van der Waals surface area contributed by atoms with Crippen molar-refractivity contribution in [3.63, 3.8) is 0 Å². The summed E-state index contributed by atoms with van der Waals surface area (Å²) in [5.74, 6) is 0. The highest BCUT2D eigenvalue weighted by molar-refractivity contribution is 7.11. The van der Waals surface area contributed by atoms with Crippen molar-refractivity contribution in [2.75, 3.05) is 20.3 Å². The molecule has 1 aliphatic rings. The van der Waals surface area contributed by atoms with Gasteiger partial charge in [0.2, 0.25) is 0 Å². The lowest BCUT2D eigenvalue weighted by molar-refractivity contribution is 0.146. The maximum absolute atomic E-state index is 12.7. The summed E-state index contributed by atoms with van der Waals surface area (Å²) in [6.45, 7) is 4.89. The van der Waals surface area contributed by atoms with Gasteiger partial charge in [-0.15, -0.1) is 11.3 Å². The number of hydrogen-bond acceptors (Lipinski definition) is 5. The second-order valence-electron chi connectivity index (χ2n) is 6.46. The average molecular weight is 378 g/mol. The first-order valence-electron chi connectivity index (χ1n) is 9.20. The van der Waals surface area contributed by atoms with E-state index in [0.29, 0.717) is 26.2 Å². The summed E-state index contributed by atoms with van der Waals surface area (Å²) < 4.78 is 7.01. The minimum Gasteiger partial charge on any atom is -0.383 e. The molecule has 0 unspecified atom stereocenters. The molecule has 26 heavy (non-hydrogen) atoms. The minimum atomic E-state index is -0.0977. The van der Waals surface area contributed by atoms with E-state index in [4.69, 9.17) is 4.74 Å². The summed E-state index contributed by atoms with van der Waals surface area (Å²) in [6, 6.07) is -0.0977. The fourth-order valence-corrected chi connectivity index (χ4v) is 4.18. The van der Waals surface area contributed by atoms with Crippen LogP contribution in [-0.4, -0.2) is 46.0 Å². The number of ether oxygens (including phenoxy) is 1. The smallest absolute Gasteiger partial charge is 0.318 e. The van der Waals surface area contributed by atoms with E-state index in [0.717, 1.165) is 30.0 Å².